The molecule has 0 bridgehead atoms. The first kappa shape index (κ1) is 28.4. The molecule has 0 fully saturated rings. The highest BCUT2D eigenvalue weighted by Crippen LogP contribution is 2.26. The molecule has 0 aliphatic rings. The average molecular weight is 542 g/mol. The normalized spacial score (nSPS) is 12.1. The Kier molecular flexibility index (Phi) is 10.3. The Labute approximate surface area is 223 Å². The van der Waals surface area contributed by atoms with E-state index < -0.39 is 16.1 Å². The lowest BCUT2D eigenvalue weighted by Gasteiger charge is -2.31. The van der Waals surface area contributed by atoms with Crippen LogP contribution in [0.2, 0.25) is 5.02 Å². The first-order valence-electron chi connectivity index (χ1n) is 12.2. The van der Waals surface area contributed by atoms with Crippen LogP contribution in [0.3, 0.4) is 0 Å². The summed E-state index contributed by atoms with van der Waals surface area (Å²) in [6.07, 6.45) is 0.546. The van der Waals surface area contributed by atoms with Gasteiger partial charge in [0.15, 0.2) is 0 Å². The molecule has 1 atom stereocenters. The van der Waals surface area contributed by atoms with E-state index in [4.69, 9.17) is 11.6 Å². The number of amides is 2. The van der Waals surface area contributed by atoms with E-state index in [0.29, 0.717) is 30.1 Å². The fraction of sp³-hybridized carbons (Fsp3) is 0.286. The Hall–Kier alpha value is -3.20. The third-order valence-electron chi connectivity index (χ3n) is 5.81. The number of carbonyl (C=O) groups is 2. The van der Waals surface area contributed by atoms with Gasteiger partial charge in [-0.25, -0.2) is 13.1 Å². The van der Waals surface area contributed by atoms with E-state index in [1.54, 1.807) is 36.1 Å². The lowest BCUT2D eigenvalue weighted by atomic mass is 10.0. The van der Waals surface area contributed by atoms with Crippen molar-refractivity contribution in [3.63, 3.8) is 0 Å². The van der Waals surface area contributed by atoms with Crippen LogP contribution in [0.25, 0.3) is 0 Å². The van der Waals surface area contributed by atoms with Crippen molar-refractivity contribution >= 4 is 33.4 Å². The van der Waals surface area contributed by atoms with E-state index in [0.717, 1.165) is 11.1 Å². The van der Waals surface area contributed by atoms with Gasteiger partial charge < -0.3 is 10.2 Å². The van der Waals surface area contributed by atoms with Crippen molar-refractivity contribution in [1.82, 2.24) is 14.9 Å². The van der Waals surface area contributed by atoms with Crippen LogP contribution in [0.1, 0.15) is 43.0 Å². The standard InChI is InChI=1S/C28H32ClN3O4S/c1-3-30-28(34)27(23-8-6-5-7-9-23)32(20-22-10-15-24(29)16-11-22)26(33)19-14-21-12-17-25(18-13-21)37(35,36)31-4-2/h5-13,15-18,27,31H,3-4,14,19-20H2,1-2H3,(H,30,34)/t27-/m1/s1. The molecule has 0 unspecified atom stereocenters. The Morgan fingerprint density at radius 3 is 2.08 bits per heavy atom. The van der Waals surface area contributed by atoms with Gasteiger partial charge in [0.1, 0.15) is 6.04 Å². The highest BCUT2D eigenvalue weighted by atomic mass is 35.5. The van der Waals surface area contributed by atoms with Crippen molar-refractivity contribution in [2.75, 3.05) is 13.1 Å². The Bertz CT molecular complexity index is 1280. The number of nitrogens with zero attached hydrogens (tertiary/aromatic N) is 1. The molecule has 2 amide bonds. The van der Waals surface area contributed by atoms with Gasteiger partial charge in [-0.05, 0) is 54.3 Å². The zero-order valence-corrected chi connectivity index (χ0v) is 22.6. The number of hydrogen-bond acceptors (Lipinski definition) is 4. The number of carbonyl (C=O) groups excluding carboxylic acids is 2. The first-order chi connectivity index (χ1) is 17.7. The van der Waals surface area contributed by atoms with Gasteiger partial charge in [-0.15, -0.1) is 0 Å². The second kappa shape index (κ2) is 13.4. The van der Waals surface area contributed by atoms with Gasteiger partial charge in [-0.3, -0.25) is 9.59 Å². The minimum absolute atomic E-state index is 0.148. The van der Waals surface area contributed by atoms with Crippen molar-refractivity contribution in [1.29, 1.82) is 0 Å². The zero-order valence-electron chi connectivity index (χ0n) is 21.0. The Morgan fingerprint density at radius 1 is 0.865 bits per heavy atom. The average Bonchev–Trinajstić information content (AvgIpc) is 2.89. The number of rotatable bonds is 12. The van der Waals surface area contributed by atoms with Crippen LogP contribution in [0.15, 0.2) is 83.8 Å². The molecule has 3 aromatic rings. The van der Waals surface area contributed by atoms with Crippen molar-refractivity contribution in [2.45, 2.75) is 44.2 Å². The second-order valence-corrected chi connectivity index (χ2v) is 10.7. The molecule has 0 saturated carbocycles. The lowest BCUT2D eigenvalue weighted by molar-refractivity contribution is -0.141. The molecular formula is C28H32ClN3O4S. The third kappa shape index (κ3) is 7.89. The van der Waals surface area contributed by atoms with Gasteiger partial charge in [-0.2, -0.15) is 0 Å². The summed E-state index contributed by atoms with van der Waals surface area (Å²) < 4.78 is 26.9. The summed E-state index contributed by atoms with van der Waals surface area (Å²) in [5.41, 5.74) is 2.39. The maximum Gasteiger partial charge on any atom is 0.247 e. The first-order valence-corrected chi connectivity index (χ1v) is 14.1. The van der Waals surface area contributed by atoms with Crippen LogP contribution in [-0.4, -0.2) is 38.2 Å². The fourth-order valence-corrected chi connectivity index (χ4v) is 5.16. The van der Waals surface area contributed by atoms with Crippen molar-refractivity contribution < 1.29 is 18.0 Å². The summed E-state index contributed by atoms with van der Waals surface area (Å²) >= 11 is 6.05. The maximum absolute atomic E-state index is 13.6. The largest absolute Gasteiger partial charge is 0.354 e. The molecule has 7 nitrogen and oxygen atoms in total. The number of likely N-dealkylation sites (N-methyl/N-ethyl adjacent to an activating group) is 1. The molecule has 196 valence electrons. The number of benzene rings is 3. The molecule has 0 aromatic heterocycles. The van der Waals surface area contributed by atoms with Gasteiger partial charge in [0.05, 0.1) is 4.90 Å². The predicted molar refractivity (Wildman–Crippen MR) is 145 cm³/mol. The lowest BCUT2D eigenvalue weighted by Crippen LogP contribution is -2.43. The molecule has 3 rings (SSSR count). The summed E-state index contributed by atoms with van der Waals surface area (Å²) in [6.45, 7) is 4.53. The minimum Gasteiger partial charge on any atom is -0.354 e. The smallest absolute Gasteiger partial charge is 0.247 e. The molecule has 37 heavy (non-hydrogen) atoms. The van der Waals surface area contributed by atoms with E-state index in [2.05, 4.69) is 10.0 Å². The van der Waals surface area contributed by atoms with Gasteiger partial charge in [-0.1, -0.05) is 73.1 Å². The molecular weight excluding hydrogens is 510 g/mol. The third-order valence-corrected chi connectivity index (χ3v) is 7.62. The number of sulfonamides is 1. The van der Waals surface area contributed by atoms with Crippen molar-refractivity contribution in [3.05, 3.63) is 101 Å². The van der Waals surface area contributed by atoms with E-state index in [-0.39, 0.29) is 29.7 Å². The van der Waals surface area contributed by atoms with Crippen LogP contribution < -0.4 is 10.0 Å². The summed E-state index contributed by atoms with van der Waals surface area (Å²) in [5.74, 6) is -0.451. The summed E-state index contributed by atoms with van der Waals surface area (Å²) in [4.78, 5) is 28.6. The maximum atomic E-state index is 13.6. The predicted octanol–water partition coefficient (Wildman–Crippen LogP) is 4.48. The van der Waals surface area contributed by atoms with Crippen LogP contribution in [-0.2, 0) is 32.6 Å². The van der Waals surface area contributed by atoms with Crippen LogP contribution in [0.4, 0.5) is 0 Å². The van der Waals surface area contributed by atoms with Gasteiger partial charge in [0, 0.05) is 31.1 Å². The van der Waals surface area contributed by atoms with Gasteiger partial charge >= 0.3 is 0 Å². The topological polar surface area (TPSA) is 95.6 Å². The second-order valence-electron chi connectivity index (χ2n) is 8.50. The molecule has 0 aliphatic heterocycles. The number of aryl methyl sites for hydroxylation is 1. The van der Waals surface area contributed by atoms with Crippen molar-refractivity contribution in [3.8, 4) is 0 Å². The summed E-state index contributed by atoms with van der Waals surface area (Å²) in [7, 11) is -3.55. The summed E-state index contributed by atoms with van der Waals surface area (Å²) in [5, 5.41) is 3.45. The quantitative estimate of drug-likeness (QED) is 0.353. The molecule has 0 saturated heterocycles. The van der Waals surface area contributed by atoms with Crippen LogP contribution in [0.5, 0.6) is 0 Å². The molecule has 2 N–H and O–H groups in total. The van der Waals surface area contributed by atoms with Gasteiger partial charge in [0.25, 0.3) is 0 Å². The van der Waals surface area contributed by atoms with Crippen LogP contribution in [0, 0.1) is 0 Å². The summed E-state index contributed by atoms with van der Waals surface area (Å²) in [6, 6.07) is 22.1. The number of nitrogens with one attached hydrogen (secondary N) is 2. The van der Waals surface area contributed by atoms with E-state index in [1.165, 1.54) is 12.1 Å². The SMILES string of the molecule is CCNC(=O)[C@@H](c1ccccc1)N(Cc1ccc(Cl)cc1)C(=O)CCc1ccc(S(=O)(=O)NCC)cc1. The molecule has 0 aliphatic carbocycles. The monoisotopic (exact) mass is 541 g/mol. The number of hydrogen-bond donors (Lipinski definition) is 2. The minimum atomic E-state index is -3.55. The molecule has 0 heterocycles. The van der Waals surface area contributed by atoms with E-state index >= 15 is 0 Å². The van der Waals surface area contributed by atoms with Crippen LogP contribution >= 0.6 is 11.6 Å². The Balaban J connectivity index is 1.86. The Morgan fingerprint density at radius 2 is 1.49 bits per heavy atom. The molecule has 9 heteroatoms. The van der Waals surface area contributed by atoms with E-state index in [1.807, 2.05) is 49.4 Å². The highest BCUT2D eigenvalue weighted by Gasteiger charge is 2.31. The highest BCUT2D eigenvalue weighted by molar-refractivity contribution is 7.89. The molecule has 0 spiro atoms. The van der Waals surface area contributed by atoms with E-state index in [9.17, 15) is 18.0 Å². The molecule has 3 aromatic carbocycles. The zero-order chi connectivity index (χ0) is 26.8. The fourth-order valence-electron chi connectivity index (χ4n) is 3.99. The molecule has 0 radical (unpaired) electrons. The number of halogens is 1. The van der Waals surface area contributed by atoms with Crippen molar-refractivity contribution in [2.24, 2.45) is 0 Å². The van der Waals surface area contributed by atoms with Gasteiger partial charge in [0.2, 0.25) is 21.8 Å².